The predicted octanol–water partition coefficient (Wildman–Crippen LogP) is 2.10. The predicted molar refractivity (Wildman–Crippen MR) is 78.1 cm³/mol. The Morgan fingerprint density at radius 3 is 2.81 bits per heavy atom. The molecule has 0 aliphatic carbocycles. The summed E-state index contributed by atoms with van der Waals surface area (Å²) in [6.07, 6.45) is 2.86. The zero-order valence-corrected chi connectivity index (χ0v) is 12.4. The van der Waals surface area contributed by atoms with Crippen LogP contribution in [-0.4, -0.2) is 38.7 Å². The Morgan fingerprint density at radius 2 is 2.14 bits per heavy atom. The smallest absolute Gasteiger partial charge is 0.165 e. The van der Waals surface area contributed by atoms with Gasteiger partial charge in [-0.15, -0.1) is 0 Å². The number of ketones is 1. The lowest BCUT2D eigenvalue weighted by atomic mass is 10.1. The molecule has 1 N–H and O–H groups in total. The molecule has 1 fully saturated rings. The number of piperidine rings is 1. The van der Waals surface area contributed by atoms with E-state index in [1.807, 2.05) is 0 Å². The third kappa shape index (κ3) is 5.10. The molecule has 0 spiro atoms. The Kier molecular flexibility index (Phi) is 6.14. The van der Waals surface area contributed by atoms with E-state index in [4.69, 9.17) is 9.47 Å². The number of rotatable bonds is 7. The van der Waals surface area contributed by atoms with E-state index in [-0.39, 0.29) is 24.1 Å². The van der Waals surface area contributed by atoms with Crippen LogP contribution >= 0.6 is 0 Å². The Balaban J connectivity index is 1.72. The Morgan fingerprint density at radius 1 is 1.38 bits per heavy atom. The summed E-state index contributed by atoms with van der Waals surface area (Å²) in [5, 5.41) is 3.27. The number of halogens is 1. The van der Waals surface area contributed by atoms with Gasteiger partial charge in [0.1, 0.15) is 5.78 Å². The monoisotopic (exact) mass is 295 g/mol. The van der Waals surface area contributed by atoms with Crippen molar-refractivity contribution in [3.8, 4) is 5.75 Å². The van der Waals surface area contributed by atoms with Crippen molar-refractivity contribution in [2.24, 2.45) is 0 Å². The molecule has 1 aromatic rings. The number of Topliss-reactive ketones (excluding diaryl/α,β-unsaturated/α-hetero) is 1. The second-order valence-electron chi connectivity index (χ2n) is 5.25. The van der Waals surface area contributed by atoms with E-state index in [9.17, 15) is 9.18 Å². The summed E-state index contributed by atoms with van der Waals surface area (Å²) in [4.78, 5) is 11.9. The minimum atomic E-state index is -0.436. The summed E-state index contributed by atoms with van der Waals surface area (Å²) in [6.45, 7) is 2.40. The maximum absolute atomic E-state index is 13.5. The van der Waals surface area contributed by atoms with Crippen LogP contribution in [0.15, 0.2) is 18.2 Å². The fourth-order valence-corrected chi connectivity index (χ4v) is 2.44. The minimum absolute atomic E-state index is 0.0634. The van der Waals surface area contributed by atoms with Gasteiger partial charge in [-0.1, -0.05) is 6.07 Å². The van der Waals surface area contributed by atoms with Crippen LogP contribution in [0.2, 0.25) is 0 Å². The van der Waals surface area contributed by atoms with Gasteiger partial charge in [-0.3, -0.25) is 4.79 Å². The number of carbonyl (C=O) groups excluding carboxylic acids is 1. The van der Waals surface area contributed by atoms with Gasteiger partial charge in [0.15, 0.2) is 11.6 Å². The van der Waals surface area contributed by atoms with Crippen molar-refractivity contribution in [2.75, 3.05) is 26.8 Å². The zero-order valence-electron chi connectivity index (χ0n) is 12.4. The number of benzene rings is 1. The Bertz CT molecular complexity index is 473. The Hall–Kier alpha value is -1.46. The Labute approximate surface area is 124 Å². The summed E-state index contributed by atoms with van der Waals surface area (Å²) in [5.41, 5.74) is 0.667. The average molecular weight is 295 g/mol. The third-order valence-electron chi connectivity index (χ3n) is 3.64. The van der Waals surface area contributed by atoms with Crippen LogP contribution in [0, 0.1) is 5.82 Å². The van der Waals surface area contributed by atoms with Crippen LogP contribution in [-0.2, 0) is 16.0 Å². The van der Waals surface area contributed by atoms with Gasteiger partial charge < -0.3 is 14.8 Å². The molecule has 0 atom stereocenters. The van der Waals surface area contributed by atoms with E-state index in [1.165, 1.54) is 13.2 Å². The summed E-state index contributed by atoms with van der Waals surface area (Å²) in [6, 6.07) is 4.61. The van der Waals surface area contributed by atoms with Crippen molar-refractivity contribution < 1.29 is 18.7 Å². The molecule has 4 nitrogen and oxygen atoms in total. The highest BCUT2D eigenvalue weighted by atomic mass is 19.1. The van der Waals surface area contributed by atoms with Crippen molar-refractivity contribution in [1.82, 2.24) is 5.32 Å². The highest BCUT2D eigenvalue weighted by Crippen LogP contribution is 2.18. The van der Waals surface area contributed by atoms with Crippen LogP contribution in [0.4, 0.5) is 4.39 Å². The van der Waals surface area contributed by atoms with E-state index in [0.29, 0.717) is 18.6 Å². The fraction of sp³-hybridized carbons (Fsp3) is 0.562. The zero-order chi connectivity index (χ0) is 15.1. The summed E-state index contributed by atoms with van der Waals surface area (Å²) in [7, 11) is 1.42. The van der Waals surface area contributed by atoms with Gasteiger partial charge in [0.05, 0.1) is 19.8 Å². The normalized spacial score (nSPS) is 15.9. The summed E-state index contributed by atoms with van der Waals surface area (Å²) in [5.74, 6) is -0.178. The number of hydrogen-bond acceptors (Lipinski definition) is 4. The first-order valence-corrected chi connectivity index (χ1v) is 7.35. The van der Waals surface area contributed by atoms with Gasteiger partial charge in [0, 0.05) is 12.8 Å². The lowest BCUT2D eigenvalue weighted by Crippen LogP contribution is -2.32. The maximum Gasteiger partial charge on any atom is 0.165 e. The molecule has 5 heteroatoms. The molecule has 1 aliphatic rings. The number of hydrogen-bond donors (Lipinski definition) is 1. The summed E-state index contributed by atoms with van der Waals surface area (Å²) >= 11 is 0. The molecule has 1 aliphatic heterocycles. The van der Waals surface area contributed by atoms with Crippen molar-refractivity contribution in [1.29, 1.82) is 0 Å². The number of ether oxygens (including phenoxy) is 2. The highest BCUT2D eigenvalue weighted by Gasteiger charge is 2.14. The van der Waals surface area contributed by atoms with Crippen molar-refractivity contribution >= 4 is 5.78 Å². The quantitative estimate of drug-likeness (QED) is 0.837. The third-order valence-corrected chi connectivity index (χ3v) is 3.64. The molecule has 0 saturated carbocycles. The molecule has 21 heavy (non-hydrogen) atoms. The van der Waals surface area contributed by atoms with Gasteiger partial charge in [0.2, 0.25) is 0 Å². The topological polar surface area (TPSA) is 47.6 Å². The van der Waals surface area contributed by atoms with Crippen LogP contribution < -0.4 is 10.1 Å². The molecule has 1 saturated heterocycles. The van der Waals surface area contributed by atoms with Gasteiger partial charge >= 0.3 is 0 Å². The van der Waals surface area contributed by atoms with Crippen LogP contribution in [0.5, 0.6) is 5.75 Å². The molecule has 0 amide bonds. The largest absolute Gasteiger partial charge is 0.494 e. The lowest BCUT2D eigenvalue weighted by molar-refractivity contribution is -0.120. The molecule has 2 rings (SSSR count). The molecule has 0 aromatic heterocycles. The molecule has 0 unspecified atom stereocenters. The standard InChI is InChI=1S/C16H22FNO3/c1-20-16-3-2-12(11-15(16)17)10-13(19)6-9-21-14-4-7-18-8-5-14/h2-3,11,14,18H,4-10H2,1H3. The van der Waals surface area contributed by atoms with Crippen LogP contribution in [0.25, 0.3) is 0 Å². The number of nitrogens with one attached hydrogen (secondary N) is 1. The lowest BCUT2D eigenvalue weighted by Gasteiger charge is -2.22. The van der Waals surface area contributed by atoms with Crippen LogP contribution in [0.3, 0.4) is 0 Å². The molecule has 0 radical (unpaired) electrons. The number of carbonyl (C=O) groups is 1. The molecular formula is C16H22FNO3. The van der Waals surface area contributed by atoms with E-state index in [2.05, 4.69) is 5.32 Å². The first-order chi connectivity index (χ1) is 10.2. The van der Waals surface area contributed by atoms with E-state index >= 15 is 0 Å². The van der Waals surface area contributed by atoms with Gasteiger partial charge in [-0.2, -0.15) is 0 Å². The van der Waals surface area contributed by atoms with E-state index in [0.717, 1.165) is 25.9 Å². The second kappa shape index (κ2) is 8.10. The van der Waals surface area contributed by atoms with Gasteiger partial charge in [0.25, 0.3) is 0 Å². The minimum Gasteiger partial charge on any atom is -0.494 e. The molecule has 1 heterocycles. The first-order valence-electron chi connectivity index (χ1n) is 7.35. The fourth-order valence-electron chi connectivity index (χ4n) is 2.44. The molecule has 116 valence electrons. The maximum atomic E-state index is 13.5. The number of methoxy groups -OCH3 is 1. The van der Waals surface area contributed by atoms with Crippen LogP contribution in [0.1, 0.15) is 24.8 Å². The average Bonchev–Trinajstić information content (AvgIpc) is 2.48. The van der Waals surface area contributed by atoms with Crippen molar-refractivity contribution in [3.05, 3.63) is 29.6 Å². The molecule has 0 bridgehead atoms. The van der Waals surface area contributed by atoms with E-state index < -0.39 is 5.82 Å². The molecule has 1 aromatic carbocycles. The SMILES string of the molecule is COc1ccc(CC(=O)CCOC2CCNCC2)cc1F. The highest BCUT2D eigenvalue weighted by molar-refractivity contribution is 5.80. The van der Waals surface area contributed by atoms with Crippen molar-refractivity contribution in [2.45, 2.75) is 31.8 Å². The summed E-state index contributed by atoms with van der Waals surface area (Å²) < 4.78 is 24.1. The van der Waals surface area contributed by atoms with Gasteiger partial charge in [-0.05, 0) is 43.6 Å². The second-order valence-corrected chi connectivity index (χ2v) is 5.25. The molecular weight excluding hydrogens is 273 g/mol. The van der Waals surface area contributed by atoms with Gasteiger partial charge in [-0.25, -0.2) is 4.39 Å². The van der Waals surface area contributed by atoms with Crippen molar-refractivity contribution in [3.63, 3.8) is 0 Å². The first kappa shape index (κ1) is 15.9. The van der Waals surface area contributed by atoms with E-state index in [1.54, 1.807) is 12.1 Å².